The Morgan fingerprint density at radius 3 is 2.77 bits per heavy atom. The average molecular weight is 327 g/mol. The average Bonchev–Trinajstić information content (AvgIpc) is 2.53. The maximum absolute atomic E-state index is 12.0. The molecule has 0 radical (unpaired) electrons. The Labute approximate surface area is 132 Å². The topological polar surface area (TPSA) is 86.7 Å². The Kier molecular flexibility index (Phi) is 7.83. The van der Waals surface area contributed by atoms with Crippen molar-refractivity contribution < 1.29 is 8.42 Å². The van der Waals surface area contributed by atoms with Crippen LogP contribution in [0.5, 0.6) is 0 Å². The van der Waals surface area contributed by atoms with E-state index in [-0.39, 0.29) is 11.4 Å². The van der Waals surface area contributed by atoms with Crippen LogP contribution in [0.1, 0.15) is 19.8 Å². The molecule has 1 aromatic heterocycles. The number of hydrogen-bond donors (Lipinski definition) is 2. The van der Waals surface area contributed by atoms with Crippen LogP contribution in [0.2, 0.25) is 0 Å². The van der Waals surface area contributed by atoms with E-state index in [4.69, 9.17) is 0 Å². The van der Waals surface area contributed by atoms with Gasteiger partial charge in [0.15, 0.2) is 5.96 Å². The highest BCUT2D eigenvalue weighted by Crippen LogP contribution is 2.04. The lowest BCUT2D eigenvalue weighted by atomic mass is 10.3. The molecule has 0 unspecified atom stereocenters. The third-order valence-corrected chi connectivity index (χ3v) is 4.51. The zero-order valence-corrected chi connectivity index (χ0v) is 14.2. The molecule has 124 valence electrons. The van der Waals surface area contributed by atoms with Crippen molar-refractivity contribution >= 4 is 16.0 Å². The van der Waals surface area contributed by atoms with Gasteiger partial charge in [0.2, 0.25) is 10.0 Å². The summed E-state index contributed by atoms with van der Waals surface area (Å²) in [6.07, 6.45) is 5.07. The largest absolute Gasteiger partial charge is 0.355 e. The highest BCUT2D eigenvalue weighted by Gasteiger charge is 2.13. The van der Waals surface area contributed by atoms with Gasteiger partial charge in [-0.3, -0.25) is 9.98 Å². The number of guanidine groups is 1. The molecule has 0 aliphatic carbocycles. The molecule has 0 atom stereocenters. The van der Waals surface area contributed by atoms with Gasteiger partial charge < -0.3 is 10.2 Å². The smallest absolute Gasteiger partial charge is 0.242 e. The number of nitrogens with one attached hydrogen (secondary N) is 2. The Hall–Kier alpha value is -1.67. The summed E-state index contributed by atoms with van der Waals surface area (Å²) < 4.78 is 26.5. The van der Waals surface area contributed by atoms with E-state index < -0.39 is 10.0 Å². The minimum absolute atomic E-state index is 0.166. The highest BCUT2D eigenvalue weighted by atomic mass is 32.2. The van der Waals surface area contributed by atoms with Gasteiger partial charge in [-0.2, -0.15) is 0 Å². The summed E-state index contributed by atoms with van der Waals surface area (Å²) in [6, 6.07) is 3.11. The van der Waals surface area contributed by atoms with E-state index in [1.54, 1.807) is 13.1 Å². The van der Waals surface area contributed by atoms with Crippen molar-refractivity contribution in [2.75, 3.05) is 33.7 Å². The fourth-order valence-corrected chi connectivity index (χ4v) is 2.83. The number of aromatic nitrogens is 1. The van der Waals surface area contributed by atoms with Gasteiger partial charge in [0.25, 0.3) is 0 Å². The Morgan fingerprint density at radius 2 is 2.18 bits per heavy atom. The molecule has 0 fully saturated rings. The lowest BCUT2D eigenvalue weighted by Crippen LogP contribution is -2.42. The van der Waals surface area contributed by atoms with Gasteiger partial charge in [0.1, 0.15) is 4.90 Å². The summed E-state index contributed by atoms with van der Waals surface area (Å²) in [7, 11) is 0.171. The summed E-state index contributed by atoms with van der Waals surface area (Å²) in [4.78, 5) is 10.2. The zero-order valence-electron chi connectivity index (χ0n) is 13.4. The van der Waals surface area contributed by atoms with Crippen LogP contribution in [-0.2, 0) is 10.0 Å². The second-order valence-electron chi connectivity index (χ2n) is 4.84. The van der Waals surface area contributed by atoms with E-state index in [1.165, 1.54) is 18.5 Å². The van der Waals surface area contributed by atoms with E-state index in [0.717, 1.165) is 25.3 Å². The summed E-state index contributed by atoms with van der Waals surface area (Å²) in [5.74, 6) is 0.758. The molecule has 1 aromatic rings. The number of nitrogens with zero attached hydrogens (tertiary/aromatic N) is 3. The first-order chi connectivity index (χ1) is 10.5. The molecule has 0 saturated heterocycles. The molecule has 0 aliphatic rings. The fourth-order valence-electron chi connectivity index (χ4n) is 1.83. The molecular formula is C14H25N5O2S. The van der Waals surface area contributed by atoms with E-state index in [0.29, 0.717) is 6.54 Å². The molecule has 0 aromatic carbocycles. The van der Waals surface area contributed by atoms with Crippen molar-refractivity contribution in [3.63, 3.8) is 0 Å². The Bertz CT molecular complexity index is 560. The molecule has 0 aliphatic heterocycles. The maximum atomic E-state index is 12.0. The number of sulfonamides is 1. The first kappa shape index (κ1) is 18.4. The summed E-state index contributed by atoms with van der Waals surface area (Å²) in [6.45, 7) is 3.79. The maximum Gasteiger partial charge on any atom is 0.242 e. The minimum Gasteiger partial charge on any atom is -0.355 e. The number of unbranched alkanes of at least 4 members (excludes halogenated alkanes) is 1. The normalized spacial score (nSPS) is 12.2. The molecule has 2 N–H and O–H groups in total. The molecule has 22 heavy (non-hydrogen) atoms. The van der Waals surface area contributed by atoms with Gasteiger partial charge in [-0.05, 0) is 18.6 Å². The first-order valence-corrected chi connectivity index (χ1v) is 8.81. The summed E-state index contributed by atoms with van der Waals surface area (Å²) in [5, 5.41) is 3.14. The van der Waals surface area contributed by atoms with Crippen LogP contribution in [0.25, 0.3) is 0 Å². The lowest BCUT2D eigenvalue weighted by Gasteiger charge is -2.21. The third kappa shape index (κ3) is 5.98. The van der Waals surface area contributed by atoms with Gasteiger partial charge >= 0.3 is 0 Å². The van der Waals surface area contributed by atoms with Crippen LogP contribution in [0.3, 0.4) is 0 Å². The number of pyridine rings is 1. The molecule has 8 heteroatoms. The molecular weight excluding hydrogens is 302 g/mol. The van der Waals surface area contributed by atoms with Gasteiger partial charge in [-0.1, -0.05) is 13.3 Å². The summed E-state index contributed by atoms with van der Waals surface area (Å²) in [5.41, 5.74) is 0. The minimum atomic E-state index is -3.51. The molecule has 1 heterocycles. The van der Waals surface area contributed by atoms with Crippen molar-refractivity contribution in [3.8, 4) is 0 Å². The fraction of sp³-hybridized carbons (Fsp3) is 0.571. The van der Waals surface area contributed by atoms with Crippen molar-refractivity contribution in [2.24, 2.45) is 4.99 Å². The second-order valence-corrected chi connectivity index (χ2v) is 6.60. The molecule has 0 spiro atoms. The SMILES string of the molecule is CCCCN(C)C(=NC)NCCNS(=O)(=O)c1cccnc1. The Morgan fingerprint density at radius 1 is 1.41 bits per heavy atom. The number of aliphatic imine (C=N–C) groups is 1. The van der Waals surface area contributed by atoms with Crippen LogP contribution in [0, 0.1) is 0 Å². The predicted molar refractivity (Wildman–Crippen MR) is 88.3 cm³/mol. The van der Waals surface area contributed by atoms with Crippen LogP contribution in [0.15, 0.2) is 34.4 Å². The molecule has 7 nitrogen and oxygen atoms in total. The monoisotopic (exact) mass is 327 g/mol. The Balaban J connectivity index is 2.41. The van der Waals surface area contributed by atoms with Crippen molar-refractivity contribution in [1.82, 2.24) is 19.9 Å². The summed E-state index contributed by atoms with van der Waals surface area (Å²) >= 11 is 0. The van der Waals surface area contributed by atoms with Crippen molar-refractivity contribution in [3.05, 3.63) is 24.5 Å². The number of hydrogen-bond acceptors (Lipinski definition) is 4. The van der Waals surface area contributed by atoms with Crippen LogP contribution in [0.4, 0.5) is 0 Å². The van der Waals surface area contributed by atoms with Crippen molar-refractivity contribution in [1.29, 1.82) is 0 Å². The molecule has 1 rings (SSSR count). The second kappa shape index (κ2) is 9.37. The van der Waals surface area contributed by atoms with Crippen molar-refractivity contribution in [2.45, 2.75) is 24.7 Å². The molecule has 0 bridgehead atoms. The van der Waals surface area contributed by atoms with E-state index in [1.807, 2.05) is 11.9 Å². The predicted octanol–water partition coefficient (Wildman–Crippen LogP) is 0.667. The van der Waals surface area contributed by atoms with Gasteiger partial charge in [0, 0.05) is 46.1 Å². The highest BCUT2D eigenvalue weighted by molar-refractivity contribution is 7.89. The van der Waals surface area contributed by atoms with E-state index in [9.17, 15) is 8.42 Å². The molecule has 0 amide bonds. The number of rotatable bonds is 8. The first-order valence-electron chi connectivity index (χ1n) is 7.32. The van der Waals surface area contributed by atoms with Gasteiger partial charge in [-0.15, -0.1) is 0 Å². The quantitative estimate of drug-likeness (QED) is 0.416. The third-order valence-electron chi connectivity index (χ3n) is 3.07. The van der Waals surface area contributed by atoms with Crippen LogP contribution >= 0.6 is 0 Å². The lowest BCUT2D eigenvalue weighted by molar-refractivity contribution is 0.465. The van der Waals surface area contributed by atoms with E-state index in [2.05, 4.69) is 26.9 Å². The molecule has 0 saturated carbocycles. The standard InChI is InChI=1S/C14H25N5O2S/c1-4-5-11-19(3)14(15-2)17-9-10-18-22(20,21)13-7-6-8-16-12-13/h6-8,12,18H,4-5,9-11H2,1-3H3,(H,15,17). The van der Waals surface area contributed by atoms with Crippen LogP contribution in [-0.4, -0.2) is 58.0 Å². The van der Waals surface area contributed by atoms with Gasteiger partial charge in [0.05, 0.1) is 0 Å². The van der Waals surface area contributed by atoms with Crippen LogP contribution < -0.4 is 10.0 Å². The van der Waals surface area contributed by atoms with Gasteiger partial charge in [-0.25, -0.2) is 13.1 Å². The van der Waals surface area contributed by atoms with E-state index >= 15 is 0 Å². The zero-order chi connectivity index (χ0) is 16.4.